The molecule has 0 spiro atoms. The predicted molar refractivity (Wildman–Crippen MR) is 222 cm³/mol. The van der Waals surface area contributed by atoms with Gasteiger partial charge in [-0.1, -0.05) is 91.3 Å². The Morgan fingerprint density at radius 3 is 2.36 bits per heavy atom. The Kier molecular flexibility index (Phi) is 13.6. The highest BCUT2D eigenvalue weighted by molar-refractivity contribution is 8.00. The summed E-state index contributed by atoms with van der Waals surface area (Å²) in [4.78, 5) is 58.0. The lowest BCUT2D eigenvalue weighted by molar-refractivity contribution is -0.116. The van der Waals surface area contributed by atoms with Gasteiger partial charge in [-0.2, -0.15) is 0 Å². The Morgan fingerprint density at radius 1 is 0.909 bits per heavy atom. The highest BCUT2D eigenvalue weighted by Crippen LogP contribution is 2.39. The Morgan fingerprint density at radius 2 is 1.64 bits per heavy atom. The van der Waals surface area contributed by atoms with Gasteiger partial charge in [0.25, 0.3) is 11.8 Å². The van der Waals surface area contributed by atoms with Gasteiger partial charge in [0.15, 0.2) is 0 Å². The van der Waals surface area contributed by atoms with E-state index in [1.54, 1.807) is 79.7 Å². The number of ether oxygens (including phenoxy) is 1. The van der Waals surface area contributed by atoms with E-state index in [0.29, 0.717) is 51.8 Å². The number of nitrogens with one attached hydrogen (secondary N) is 3. The number of amides is 3. The molecule has 0 bridgehead atoms. The number of carbonyl (C=O) groups excluding carboxylic acids is 4. The standard InChI is InChI=1S/C43H41ClN4O5S2/c1-3-36(41(51)47-42-38(43(52)53-4-2)33-22-23-48(27-37(33)55-42)26-28-14-7-5-8-15-28)54-32-20-13-19-31(25-32)45-40(50)35(24-30-18-11-12-21-34(30)44)46-39(49)29-16-9-6-10-17-29/h5-21,24-25,36H,3-4,22-23,26-27H2,1-2H3,(H,45,50)(H,46,49)(H,47,51)/b35-24+. The van der Waals surface area contributed by atoms with Gasteiger partial charge in [0.1, 0.15) is 10.7 Å². The molecular weight excluding hydrogens is 752 g/mol. The normalized spacial score (nSPS) is 13.3. The van der Waals surface area contributed by atoms with E-state index in [2.05, 4.69) is 33.0 Å². The molecule has 3 N–H and O–H groups in total. The van der Waals surface area contributed by atoms with Crippen LogP contribution in [-0.4, -0.2) is 47.0 Å². The van der Waals surface area contributed by atoms with Gasteiger partial charge in [-0.3, -0.25) is 19.3 Å². The molecule has 6 rings (SSSR count). The van der Waals surface area contributed by atoms with Gasteiger partial charge in [0, 0.05) is 45.7 Å². The fraction of sp³-hybridized carbons (Fsp3) is 0.209. The minimum atomic E-state index is -0.549. The summed E-state index contributed by atoms with van der Waals surface area (Å²) < 4.78 is 5.45. The zero-order valence-corrected chi connectivity index (χ0v) is 32.9. The molecule has 4 aromatic carbocycles. The molecule has 0 saturated heterocycles. The number of benzene rings is 4. The fourth-order valence-electron chi connectivity index (χ4n) is 6.15. The second-order valence-corrected chi connectivity index (χ2v) is 15.5. The lowest BCUT2D eigenvalue weighted by Crippen LogP contribution is -2.30. The molecule has 12 heteroatoms. The molecule has 0 radical (unpaired) electrons. The van der Waals surface area contributed by atoms with E-state index in [4.69, 9.17) is 16.3 Å². The minimum absolute atomic E-state index is 0.00468. The molecule has 55 heavy (non-hydrogen) atoms. The van der Waals surface area contributed by atoms with Crippen molar-refractivity contribution >= 4 is 75.2 Å². The maximum absolute atomic E-state index is 13.9. The first-order chi connectivity index (χ1) is 26.7. The summed E-state index contributed by atoms with van der Waals surface area (Å²) in [6.07, 6.45) is 2.72. The molecule has 5 aromatic rings. The number of hydrogen-bond acceptors (Lipinski definition) is 8. The second-order valence-electron chi connectivity index (χ2n) is 12.8. The average Bonchev–Trinajstić information content (AvgIpc) is 3.55. The van der Waals surface area contributed by atoms with Gasteiger partial charge < -0.3 is 20.7 Å². The average molecular weight is 793 g/mol. The van der Waals surface area contributed by atoms with Crippen LogP contribution in [0.25, 0.3) is 6.08 Å². The number of thioether (sulfide) groups is 1. The zero-order chi connectivity index (χ0) is 38.7. The van der Waals surface area contributed by atoms with Crippen LogP contribution in [0.3, 0.4) is 0 Å². The summed E-state index contributed by atoms with van der Waals surface area (Å²) in [5.41, 5.74) is 4.03. The third-order valence-electron chi connectivity index (χ3n) is 8.87. The summed E-state index contributed by atoms with van der Waals surface area (Å²) in [6.45, 7) is 6.19. The first-order valence-corrected chi connectivity index (χ1v) is 20.1. The van der Waals surface area contributed by atoms with Crippen molar-refractivity contribution < 1.29 is 23.9 Å². The maximum Gasteiger partial charge on any atom is 0.341 e. The number of thiophene rings is 1. The number of nitrogens with zero attached hydrogens (tertiary/aromatic N) is 1. The lowest BCUT2D eigenvalue weighted by Gasteiger charge is -2.27. The van der Waals surface area contributed by atoms with E-state index in [1.165, 1.54) is 34.7 Å². The van der Waals surface area contributed by atoms with Crippen LogP contribution in [0, 0.1) is 0 Å². The summed E-state index contributed by atoms with van der Waals surface area (Å²) in [7, 11) is 0. The van der Waals surface area contributed by atoms with E-state index >= 15 is 0 Å². The molecule has 1 atom stereocenters. The van der Waals surface area contributed by atoms with Crippen LogP contribution in [0.1, 0.15) is 62.6 Å². The van der Waals surface area contributed by atoms with Crippen molar-refractivity contribution in [2.45, 2.75) is 49.9 Å². The van der Waals surface area contributed by atoms with Crippen LogP contribution >= 0.6 is 34.7 Å². The Balaban J connectivity index is 1.17. The molecule has 282 valence electrons. The number of fused-ring (bicyclic) bond motifs is 1. The van der Waals surface area contributed by atoms with Crippen LogP contribution in [0.4, 0.5) is 10.7 Å². The number of halogens is 1. The first-order valence-electron chi connectivity index (χ1n) is 18.0. The summed E-state index contributed by atoms with van der Waals surface area (Å²) in [6, 6.07) is 33.1. The Bertz CT molecular complexity index is 2190. The predicted octanol–water partition coefficient (Wildman–Crippen LogP) is 9.06. The molecule has 0 aliphatic carbocycles. The van der Waals surface area contributed by atoms with Gasteiger partial charge in [-0.05, 0) is 78.9 Å². The van der Waals surface area contributed by atoms with Gasteiger partial charge >= 0.3 is 5.97 Å². The van der Waals surface area contributed by atoms with Crippen LogP contribution in [0.2, 0.25) is 5.02 Å². The van der Waals surface area contributed by atoms with E-state index < -0.39 is 23.0 Å². The topological polar surface area (TPSA) is 117 Å². The van der Waals surface area contributed by atoms with E-state index in [0.717, 1.165) is 28.4 Å². The molecule has 0 saturated carbocycles. The smallest absolute Gasteiger partial charge is 0.341 e. The van der Waals surface area contributed by atoms with Crippen molar-refractivity contribution in [2.24, 2.45) is 0 Å². The number of esters is 1. The molecule has 1 aliphatic rings. The molecule has 1 aromatic heterocycles. The minimum Gasteiger partial charge on any atom is -0.462 e. The Hall–Kier alpha value is -5.20. The van der Waals surface area contributed by atoms with E-state index in [-0.39, 0.29) is 18.2 Å². The van der Waals surface area contributed by atoms with Crippen molar-refractivity contribution in [3.05, 3.63) is 153 Å². The molecule has 1 unspecified atom stereocenters. The molecule has 2 heterocycles. The van der Waals surface area contributed by atoms with E-state index in [1.807, 2.05) is 31.2 Å². The third-order valence-corrected chi connectivity index (χ3v) is 11.7. The molecule has 9 nitrogen and oxygen atoms in total. The summed E-state index contributed by atoms with van der Waals surface area (Å²) in [5, 5.41) is 9.12. The number of carbonyl (C=O) groups is 4. The van der Waals surface area contributed by atoms with Crippen molar-refractivity contribution in [1.82, 2.24) is 10.2 Å². The number of rotatable bonds is 14. The van der Waals surface area contributed by atoms with Gasteiger partial charge in [-0.15, -0.1) is 23.1 Å². The van der Waals surface area contributed by atoms with Crippen LogP contribution in [0.5, 0.6) is 0 Å². The van der Waals surface area contributed by atoms with Gasteiger partial charge in [0.2, 0.25) is 5.91 Å². The fourth-order valence-corrected chi connectivity index (χ4v) is 8.64. The maximum atomic E-state index is 13.9. The zero-order valence-electron chi connectivity index (χ0n) is 30.5. The van der Waals surface area contributed by atoms with Crippen LogP contribution in [0.15, 0.2) is 120 Å². The summed E-state index contributed by atoms with van der Waals surface area (Å²) in [5.74, 6) is -1.66. The third kappa shape index (κ3) is 10.3. The van der Waals surface area contributed by atoms with Crippen molar-refractivity contribution in [3.63, 3.8) is 0 Å². The second kappa shape index (κ2) is 18.9. The SMILES string of the molecule is CCOC(=O)c1c(NC(=O)C(CC)Sc2cccc(NC(=O)/C(=C\c3ccccc3Cl)NC(=O)c3ccccc3)c2)sc2c1CCN(Cc1ccccc1)C2. The lowest BCUT2D eigenvalue weighted by atomic mass is 10.0. The van der Waals surface area contributed by atoms with Gasteiger partial charge in [0.05, 0.1) is 17.4 Å². The molecule has 1 aliphatic heterocycles. The van der Waals surface area contributed by atoms with Crippen LogP contribution in [-0.2, 0) is 33.8 Å². The first kappa shape index (κ1) is 39.5. The monoisotopic (exact) mass is 792 g/mol. The highest BCUT2D eigenvalue weighted by Gasteiger charge is 2.31. The number of hydrogen-bond donors (Lipinski definition) is 3. The quantitative estimate of drug-likeness (QED) is 0.0584. The number of anilines is 2. The van der Waals surface area contributed by atoms with E-state index in [9.17, 15) is 19.2 Å². The highest BCUT2D eigenvalue weighted by atomic mass is 35.5. The summed E-state index contributed by atoms with van der Waals surface area (Å²) >= 11 is 9.18. The molecule has 0 fully saturated rings. The van der Waals surface area contributed by atoms with Crippen molar-refractivity contribution in [3.8, 4) is 0 Å². The van der Waals surface area contributed by atoms with Crippen molar-refractivity contribution in [2.75, 3.05) is 23.8 Å². The molecule has 3 amide bonds. The van der Waals surface area contributed by atoms with Crippen LogP contribution < -0.4 is 16.0 Å². The molecular formula is C43H41ClN4O5S2. The van der Waals surface area contributed by atoms with Gasteiger partial charge in [-0.25, -0.2) is 4.79 Å². The van der Waals surface area contributed by atoms with Crippen molar-refractivity contribution in [1.29, 1.82) is 0 Å². The largest absolute Gasteiger partial charge is 0.462 e. The Labute approximate surface area is 334 Å².